The molecule has 1 unspecified atom stereocenters. The topological polar surface area (TPSA) is 23.3 Å². The smallest absolute Gasteiger partial charge is 0.201 e. The molecule has 0 aliphatic heterocycles. The molecule has 0 radical (unpaired) electrons. The third kappa shape index (κ3) is 21.1. The molecule has 99 heavy (non-hydrogen) atoms. The number of benzene rings is 6. The van der Waals surface area contributed by atoms with Crippen LogP contribution in [-0.4, -0.2) is 0 Å². The molecule has 6 aromatic carbocycles. The molecule has 12 rings (SSSR count). The molecule has 0 spiro atoms. The maximum atomic E-state index is 8.16. The van der Waals surface area contributed by atoms with Crippen molar-refractivity contribution in [3.05, 3.63) is 322 Å². The fourth-order valence-corrected chi connectivity index (χ4v) is 12.0. The van der Waals surface area contributed by atoms with Crippen molar-refractivity contribution in [2.75, 3.05) is 0 Å². The Labute approximate surface area is 605 Å². The van der Waals surface area contributed by atoms with Crippen molar-refractivity contribution in [2.24, 2.45) is 42.3 Å². The Morgan fingerprint density at radius 3 is 0.899 bits per heavy atom. The Balaban J connectivity index is 0.000000176. The van der Waals surface area contributed by atoms with Gasteiger partial charge in [0, 0.05) is 113 Å². The zero-order valence-corrected chi connectivity index (χ0v) is 63.0. The normalized spacial score (nSPS) is 12.4. The molecular formula is C93H114N6+6. The van der Waals surface area contributed by atoms with Gasteiger partial charge in [-0.05, 0) is 183 Å². The van der Waals surface area contributed by atoms with Gasteiger partial charge in [0.1, 0.15) is 42.3 Å². The number of hydrogen-bond donors (Lipinski definition) is 0. The van der Waals surface area contributed by atoms with E-state index in [4.69, 9.17) is 8.22 Å². The Bertz CT molecular complexity index is 4770. The first-order chi connectivity index (χ1) is 49.7. The van der Waals surface area contributed by atoms with Crippen molar-refractivity contribution in [3.63, 3.8) is 0 Å². The monoisotopic (exact) mass is 1320 g/mol. The van der Waals surface area contributed by atoms with Gasteiger partial charge in [-0.2, -0.15) is 0 Å². The van der Waals surface area contributed by atoms with E-state index in [0.29, 0.717) is 23.0 Å². The molecule has 0 aliphatic carbocycles. The molecule has 1 atom stereocenters. The van der Waals surface area contributed by atoms with E-state index in [-0.39, 0.29) is 0 Å². The molecule has 0 bridgehead atoms. The van der Waals surface area contributed by atoms with Crippen LogP contribution in [-0.2, 0) is 61.5 Å². The lowest BCUT2D eigenvalue weighted by molar-refractivity contribution is -0.661. The van der Waals surface area contributed by atoms with E-state index >= 15 is 0 Å². The number of pyridine rings is 6. The number of aromatic nitrogens is 6. The quantitative estimate of drug-likeness (QED) is 0.109. The summed E-state index contributed by atoms with van der Waals surface area (Å²) in [6, 6.07) is 75.7. The summed E-state index contributed by atoms with van der Waals surface area (Å²) in [6.45, 7) is 26.7. The van der Waals surface area contributed by atoms with Crippen LogP contribution in [0.1, 0.15) is 155 Å². The van der Waals surface area contributed by atoms with Gasteiger partial charge in [-0.3, -0.25) is 0 Å². The molecule has 0 fully saturated rings. The van der Waals surface area contributed by atoms with Crippen LogP contribution in [0.3, 0.4) is 0 Å². The summed E-state index contributed by atoms with van der Waals surface area (Å²) < 4.78 is 58.9. The maximum absolute atomic E-state index is 8.16. The summed E-state index contributed by atoms with van der Waals surface area (Å²) in [6.07, 6.45) is 13.1. The fraction of sp³-hybridized carbons (Fsp3) is 0.290. The van der Waals surface area contributed by atoms with Crippen LogP contribution in [0.25, 0.3) is 67.5 Å². The van der Waals surface area contributed by atoms with Crippen LogP contribution in [0, 0.1) is 41.5 Å². The minimum Gasteiger partial charge on any atom is -0.201 e. The molecule has 0 amide bonds. The van der Waals surface area contributed by atoms with Gasteiger partial charge < -0.3 is 0 Å². The van der Waals surface area contributed by atoms with Crippen LogP contribution in [0.15, 0.2) is 256 Å². The molecule has 0 N–H and O–H groups in total. The van der Waals surface area contributed by atoms with Gasteiger partial charge in [0.2, 0.25) is 34.2 Å². The SMILES string of the molecule is CCc1cc[n+](C)c(-c2ccccc2C)c1.CCc1cc[n+](C)c(-c2ccccc2C)c1.Cc1ccccc1-c1cc(C(C)C)cc[n+]1C.Cc1ccccc1-c1ccc(C(C)C)c[n+]1C.[2H]C([2H])(C)c1ccc(-c2ccccc2C)[n+](C)c1.[2H]C([2H])([2H])C([2H])(C)c1ccc(-c2ccccc2C)[n+](C)c1. The van der Waals surface area contributed by atoms with Gasteiger partial charge in [-0.25, -0.2) is 27.4 Å². The van der Waals surface area contributed by atoms with E-state index in [0.717, 1.165) is 35.4 Å². The highest BCUT2D eigenvalue weighted by atomic mass is 14.9. The fourth-order valence-electron chi connectivity index (χ4n) is 12.0. The van der Waals surface area contributed by atoms with Gasteiger partial charge in [-0.15, -0.1) is 0 Å². The number of hydrogen-bond acceptors (Lipinski definition) is 0. The third-order valence-electron chi connectivity index (χ3n) is 18.4. The van der Waals surface area contributed by atoms with Gasteiger partial charge in [0.05, 0.1) is 0 Å². The lowest BCUT2D eigenvalue weighted by Crippen LogP contribution is -2.31. The van der Waals surface area contributed by atoms with Crippen molar-refractivity contribution in [1.29, 1.82) is 0 Å². The highest BCUT2D eigenvalue weighted by molar-refractivity contribution is 5.65. The van der Waals surface area contributed by atoms with Crippen molar-refractivity contribution in [2.45, 2.75) is 141 Å². The Kier molecular flexibility index (Phi) is 25.5. The van der Waals surface area contributed by atoms with Crippen molar-refractivity contribution in [3.8, 4) is 67.5 Å². The number of rotatable bonds is 12. The van der Waals surface area contributed by atoms with E-state index in [1.54, 1.807) is 19.2 Å². The average Bonchev–Trinajstić information content (AvgIpc) is 0.774. The van der Waals surface area contributed by atoms with Gasteiger partial charge in [0.15, 0.2) is 37.2 Å². The van der Waals surface area contributed by atoms with Crippen molar-refractivity contribution in [1.82, 2.24) is 0 Å². The van der Waals surface area contributed by atoms with E-state index in [9.17, 15) is 0 Å². The molecular weight excluding hydrogens is 1200 g/mol. The van der Waals surface area contributed by atoms with Crippen LogP contribution in [0.2, 0.25) is 0 Å². The predicted molar refractivity (Wildman–Crippen MR) is 417 cm³/mol. The zero-order valence-electron chi connectivity index (χ0n) is 69.0. The van der Waals surface area contributed by atoms with Crippen LogP contribution in [0.4, 0.5) is 0 Å². The first-order valence-corrected chi connectivity index (χ1v) is 35.0. The number of nitrogens with zero attached hydrogens (tertiary/aromatic N) is 6. The highest BCUT2D eigenvalue weighted by Crippen LogP contribution is 2.27. The second-order valence-electron chi connectivity index (χ2n) is 26.6. The van der Waals surface area contributed by atoms with Crippen LogP contribution >= 0.6 is 0 Å². The second-order valence-corrected chi connectivity index (χ2v) is 26.6. The van der Waals surface area contributed by atoms with Gasteiger partial charge >= 0.3 is 0 Å². The van der Waals surface area contributed by atoms with E-state index < -0.39 is 19.1 Å². The summed E-state index contributed by atoms with van der Waals surface area (Å²) in [7, 11) is 12.2. The molecule has 0 aliphatic rings. The molecule has 6 heteroatoms. The van der Waals surface area contributed by atoms with E-state index in [1.165, 1.54) is 108 Å². The van der Waals surface area contributed by atoms with E-state index in [1.807, 2.05) is 90.9 Å². The standard InChI is InChI=1S/3C16H20N.3C15H18N/c1-12(2)14-9-10-17(4)16(11-14)15-8-6-5-7-13(15)3;2*1-12(2)14-9-10-16(17(4)11-14)15-8-6-5-7-13(15)3;2*1-4-13-9-10-16(3)15(11-13)14-8-6-5-7-12(14)2;1-4-13-9-10-15(16(3)11-13)14-8-6-5-7-12(14)2/h3*5-12H,1-4H3;3*5-11H,4H2,1-3H3/q6*+1/i;1D3,12D;;;;4D2. The summed E-state index contributed by atoms with van der Waals surface area (Å²) >= 11 is 0. The summed E-state index contributed by atoms with van der Waals surface area (Å²) in [5.41, 5.74) is 29.2. The minimum atomic E-state index is -2.36. The Morgan fingerprint density at radius 2 is 0.596 bits per heavy atom. The average molecular weight is 1320 g/mol. The summed E-state index contributed by atoms with van der Waals surface area (Å²) in [5, 5.41) is 0. The molecule has 0 saturated carbocycles. The lowest BCUT2D eigenvalue weighted by atomic mass is 9.99. The molecule has 12 aromatic rings. The summed E-state index contributed by atoms with van der Waals surface area (Å²) in [5.74, 6) is -0.472. The minimum absolute atomic E-state index is 0.488. The highest BCUT2D eigenvalue weighted by Gasteiger charge is 2.19. The molecule has 6 heterocycles. The molecule has 0 saturated heterocycles. The molecule has 510 valence electrons. The third-order valence-corrected chi connectivity index (χ3v) is 18.4. The lowest BCUT2D eigenvalue weighted by Gasteiger charge is -2.08. The van der Waals surface area contributed by atoms with Gasteiger partial charge in [-0.1, -0.05) is 171 Å². The van der Waals surface area contributed by atoms with Crippen LogP contribution in [0.5, 0.6) is 0 Å². The molecule has 6 nitrogen and oxygen atoms in total. The molecule has 6 aromatic heterocycles. The van der Waals surface area contributed by atoms with Gasteiger partial charge in [0.25, 0.3) is 0 Å². The zero-order chi connectivity index (χ0) is 77.1. The predicted octanol–water partition coefficient (Wildman–Crippen LogP) is 20.0. The summed E-state index contributed by atoms with van der Waals surface area (Å²) in [4.78, 5) is 0. The largest absolute Gasteiger partial charge is 0.212 e. The van der Waals surface area contributed by atoms with Crippen molar-refractivity contribution < 1.29 is 35.6 Å². The maximum Gasteiger partial charge on any atom is 0.212 e. The first kappa shape index (κ1) is 67.8. The van der Waals surface area contributed by atoms with Crippen molar-refractivity contribution >= 4 is 0 Å². The first-order valence-electron chi connectivity index (χ1n) is 38.0. The van der Waals surface area contributed by atoms with Crippen LogP contribution < -0.4 is 27.4 Å². The Morgan fingerprint density at radius 1 is 0.303 bits per heavy atom. The number of aryl methyl sites for hydroxylation is 15. The van der Waals surface area contributed by atoms with E-state index in [2.05, 4.69) is 305 Å². The second kappa shape index (κ2) is 37.3. The Hall–Kier alpha value is -9.78.